The van der Waals surface area contributed by atoms with Crippen LogP contribution in [0.2, 0.25) is 5.02 Å². The van der Waals surface area contributed by atoms with E-state index in [2.05, 4.69) is 120 Å². The molecule has 0 atom stereocenters. The van der Waals surface area contributed by atoms with E-state index in [9.17, 15) is 0 Å². The highest BCUT2D eigenvalue weighted by Gasteiger charge is 2.18. The van der Waals surface area contributed by atoms with Crippen molar-refractivity contribution in [1.82, 2.24) is 49.8 Å². The van der Waals surface area contributed by atoms with Crippen LogP contribution in [0.1, 0.15) is 62.3 Å². The summed E-state index contributed by atoms with van der Waals surface area (Å²) in [6, 6.07) is 76.2. The van der Waals surface area contributed by atoms with Crippen molar-refractivity contribution < 1.29 is 9.68 Å². The van der Waals surface area contributed by atoms with Crippen molar-refractivity contribution in [1.29, 1.82) is 0 Å². The molecule has 6 aromatic heterocycles. The molecular weight excluding hydrogens is 1110 g/mol. The van der Waals surface area contributed by atoms with Gasteiger partial charge in [-0.25, -0.2) is 29.9 Å². The van der Waals surface area contributed by atoms with Gasteiger partial charge in [-0.1, -0.05) is 227 Å². The SMILES string of the molecule is Cc1cc(-c2cccc(-c3nc(-c4ccccc4)nc(-c4ccccc4)n3)c2)c2ccc3ccc(C(C)C)nc3c2n1.Cc1cc(Cl)c2ccc3ccc(C(C)C)nc3c2n1.O[B]Oc1cccc(-c2nc(-c3ccccc3)nc(-c3ccccc3)n2)c1. The second-order valence-corrected chi connectivity index (χ2v) is 22.2. The summed E-state index contributed by atoms with van der Waals surface area (Å²) in [6.07, 6.45) is 0. The third kappa shape index (κ3) is 12.9. The Morgan fingerprint density at radius 1 is 0.341 bits per heavy atom. The van der Waals surface area contributed by atoms with E-state index in [1.165, 1.54) is 0 Å². The molecule has 14 aromatic rings. The summed E-state index contributed by atoms with van der Waals surface area (Å²) < 4.78 is 5.06. The molecular formula is C74H59BClN10O2. The van der Waals surface area contributed by atoms with Gasteiger partial charge in [0.05, 0.1) is 27.1 Å². The Kier molecular flexibility index (Phi) is 17.1. The number of rotatable bonds is 11. The molecule has 0 saturated heterocycles. The average molecular weight is 1170 g/mol. The molecule has 0 bridgehead atoms. The zero-order chi connectivity index (χ0) is 60.7. The molecule has 6 heterocycles. The first-order chi connectivity index (χ1) is 42.9. The highest BCUT2D eigenvalue weighted by Crippen LogP contribution is 2.36. The van der Waals surface area contributed by atoms with Crippen LogP contribution in [0.5, 0.6) is 5.75 Å². The quantitative estimate of drug-likeness (QED) is 0.0966. The zero-order valence-corrected chi connectivity index (χ0v) is 50.1. The van der Waals surface area contributed by atoms with E-state index in [0.717, 1.165) is 116 Å². The lowest BCUT2D eigenvalue weighted by atomic mass is 9.97. The Hall–Kier alpha value is -10.5. The van der Waals surface area contributed by atoms with Crippen LogP contribution in [-0.2, 0) is 0 Å². The number of hydrogen-bond donors (Lipinski definition) is 1. The average Bonchev–Trinajstić information content (AvgIpc) is 1.91. The fourth-order valence-corrected chi connectivity index (χ4v) is 10.6. The number of aromatic nitrogens is 10. The van der Waals surface area contributed by atoms with Gasteiger partial charge >= 0.3 is 7.69 Å². The molecule has 1 radical (unpaired) electrons. The number of halogens is 1. The van der Waals surface area contributed by atoms with Gasteiger partial charge in [-0.2, -0.15) is 0 Å². The summed E-state index contributed by atoms with van der Waals surface area (Å²) >= 11 is 6.30. The smallest absolute Gasteiger partial charge is 0.537 e. The summed E-state index contributed by atoms with van der Waals surface area (Å²) in [6.45, 7) is 12.6. The third-order valence-electron chi connectivity index (χ3n) is 14.8. The van der Waals surface area contributed by atoms with Crippen LogP contribution in [0.3, 0.4) is 0 Å². The van der Waals surface area contributed by atoms with Crippen LogP contribution >= 0.6 is 11.6 Å². The molecule has 0 saturated carbocycles. The van der Waals surface area contributed by atoms with Crippen LogP contribution in [0.25, 0.3) is 123 Å². The van der Waals surface area contributed by atoms with Gasteiger partial charge in [0.1, 0.15) is 5.75 Å². The maximum atomic E-state index is 8.88. The van der Waals surface area contributed by atoms with Gasteiger partial charge in [0.25, 0.3) is 0 Å². The molecule has 0 amide bonds. The minimum absolute atomic E-state index is 0.340. The lowest BCUT2D eigenvalue weighted by molar-refractivity contribution is 0.454. The first-order valence-corrected chi connectivity index (χ1v) is 29.5. The predicted octanol–water partition coefficient (Wildman–Crippen LogP) is 17.7. The zero-order valence-electron chi connectivity index (χ0n) is 49.4. The van der Waals surface area contributed by atoms with E-state index >= 15 is 0 Å². The van der Waals surface area contributed by atoms with Crippen LogP contribution in [-0.4, -0.2) is 62.5 Å². The molecule has 14 rings (SSSR count). The number of nitrogens with zero attached hydrogens (tertiary/aromatic N) is 10. The Morgan fingerprint density at radius 2 is 0.705 bits per heavy atom. The highest BCUT2D eigenvalue weighted by molar-refractivity contribution is 6.36. The van der Waals surface area contributed by atoms with Gasteiger partial charge in [0.15, 0.2) is 34.9 Å². The molecule has 0 aliphatic rings. The molecule has 88 heavy (non-hydrogen) atoms. The minimum atomic E-state index is 0.340. The Morgan fingerprint density at radius 3 is 1.15 bits per heavy atom. The Labute approximate surface area is 516 Å². The van der Waals surface area contributed by atoms with Crippen LogP contribution in [0.15, 0.2) is 231 Å². The van der Waals surface area contributed by atoms with Crippen molar-refractivity contribution >= 4 is 62.9 Å². The van der Waals surface area contributed by atoms with Crippen molar-refractivity contribution in [2.75, 3.05) is 0 Å². The number of pyridine rings is 4. The topological polar surface area (TPSA) is 158 Å². The molecule has 0 spiro atoms. The van der Waals surface area contributed by atoms with Gasteiger partial charge < -0.3 is 9.68 Å². The highest BCUT2D eigenvalue weighted by atomic mass is 35.5. The fourth-order valence-electron chi connectivity index (χ4n) is 10.3. The Bertz CT molecular complexity index is 4700. The van der Waals surface area contributed by atoms with Gasteiger partial charge in [0.2, 0.25) is 0 Å². The number of hydrogen-bond acceptors (Lipinski definition) is 12. The van der Waals surface area contributed by atoms with E-state index in [1.807, 2.05) is 159 Å². The van der Waals surface area contributed by atoms with E-state index in [1.54, 1.807) is 12.1 Å². The van der Waals surface area contributed by atoms with Gasteiger partial charge in [-0.05, 0) is 79.3 Å². The van der Waals surface area contributed by atoms with E-state index in [0.29, 0.717) is 60.2 Å². The van der Waals surface area contributed by atoms with Crippen LogP contribution in [0.4, 0.5) is 0 Å². The van der Waals surface area contributed by atoms with E-state index in [-0.39, 0.29) is 0 Å². The van der Waals surface area contributed by atoms with E-state index in [4.69, 9.17) is 51.2 Å². The molecule has 0 aliphatic carbocycles. The molecule has 8 aromatic carbocycles. The summed E-state index contributed by atoms with van der Waals surface area (Å²) in [5.74, 6) is 4.89. The standard InChI is InChI=1S/C37H29N5.C21H15BN3O2.C16H15ClN2/c1-23(2)32-20-18-25-17-19-30-31(21-24(3)38-34(30)33(25)39-32)28-15-10-16-29(22-28)37-41-35(26-11-6-4-7-12-26)40-36(42-37)27-13-8-5-9-14-27;26-22-27-18-13-7-12-17(14-18)21-24-19(15-8-3-1-4-9-15)23-20(25-21)16-10-5-2-6-11-16;1-9(2)14-7-5-11-4-6-12-13(17)8-10(3)18-16(12)15(11)19-14/h4-23H,1-3H3;1-14,26H;4-9H,1-3H3. The second-order valence-electron chi connectivity index (χ2n) is 21.8. The molecule has 0 aliphatic heterocycles. The van der Waals surface area contributed by atoms with Crippen molar-refractivity contribution in [2.45, 2.75) is 53.4 Å². The fraction of sp³-hybridized carbons (Fsp3) is 0.108. The maximum absolute atomic E-state index is 8.88. The lowest BCUT2D eigenvalue weighted by Crippen LogP contribution is -2.02. The number of benzene rings is 8. The molecule has 1 N–H and O–H groups in total. The molecule has 12 nitrogen and oxygen atoms in total. The summed E-state index contributed by atoms with van der Waals surface area (Å²) in [5.41, 5.74) is 15.3. The van der Waals surface area contributed by atoms with Crippen molar-refractivity contribution in [3.63, 3.8) is 0 Å². The normalized spacial score (nSPS) is 11.2. The van der Waals surface area contributed by atoms with Crippen LogP contribution in [0, 0.1) is 13.8 Å². The number of aryl methyl sites for hydroxylation is 2. The lowest BCUT2D eigenvalue weighted by Gasteiger charge is -2.13. The van der Waals surface area contributed by atoms with Gasteiger partial charge in [0, 0.05) is 77.7 Å². The molecule has 0 fully saturated rings. The first kappa shape index (κ1) is 57.9. The first-order valence-electron chi connectivity index (χ1n) is 29.1. The van der Waals surface area contributed by atoms with Crippen molar-refractivity contribution in [2.24, 2.45) is 0 Å². The molecule has 427 valence electrons. The van der Waals surface area contributed by atoms with Crippen LogP contribution < -0.4 is 4.65 Å². The van der Waals surface area contributed by atoms with Crippen molar-refractivity contribution in [3.8, 4) is 85.2 Å². The largest absolute Gasteiger partial charge is 0.569 e. The van der Waals surface area contributed by atoms with E-state index < -0.39 is 0 Å². The monoisotopic (exact) mass is 1170 g/mol. The minimum Gasteiger partial charge on any atom is -0.537 e. The number of fused-ring (bicyclic) bond motifs is 6. The second kappa shape index (κ2) is 26.0. The third-order valence-corrected chi connectivity index (χ3v) is 15.1. The summed E-state index contributed by atoms with van der Waals surface area (Å²) in [5, 5.41) is 13.9. The van der Waals surface area contributed by atoms with Gasteiger partial charge in [-0.15, -0.1) is 0 Å². The summed E-state index contributed by atoms with van der Waals surface area (Å²) in [7, 11) is 0.650. The molecule has 0 unspecified atom stereocenters. The van der Waals surface area contributed by atoms with Gasteiger partial charge in [-0.3, -0.25) is 19.9 Å². The van der Waals surface area contributed by atoms with Crippen molar-refractivity contribution in [3.05, 3.63) is 258 Å². The summed E-state index contributed by atoms with van der Waals surface area (Å²) in [4.78, 5) is 48.1. The maximum Gasteiger partial charge on any atom is 0.569 e. The molecule has 14 heteroatoms. The predicted molar refractivity (Wildman–Crippen MR) is 357 cm³/mol. The Balaban J connectivity index is 0.000000140.